The summed E-state index contributed by atoms with van der Waals surface area (Å²) in [6, 6.07) is 13.0. The van der Waals surface area contributed by atoms with Gasteiger partial charge < -0.3 is 15.0 Å². The summed E-state index contributed by atoms with van der Waals surface area (Å²) in [4.78, 5) is 4.39. The number of aromatic nitrogens is 2. The number of halogens is 1. The van der Waals surface area contributed by atoms with Crippen LogP contribution in [0.15, 0.2) is 51.5 Å². The lowest BCUT2D eigenvalue weighted by atomic mass is 10.2. The molecule has 3 rings (SSSR count). The summed E-state index contributed by atoms with van der Waals surface area (Å²) in [6.07, 6.45) is 0. The second-order valence-electron chi connectivity index (χ2n) is 4.39. The molecule has 0 aliphatic rings. The summed E-state index contributed by atoms with van der Waals surface area (Å²) in [6.45, 7) is 0. The van der Waals surface area contributed by atoms with E-state index in [-0.39, 0.29) is 0 Å². The van der Waals surface area contributed by atoms with Crippen LogP contribution in [0.2, 0.25) is 0 Å². The predicted molar refractivity (Wildman–Crippen MR) is 83.8 cm³/mol. The van der Waals surface area contributed by atoms with E-state index in [0.717, 1.165) is 21.3 Å². The Hall–Kier alpha value is -2.34. The van der Waals surface area contributed by atoms with Crippen LogP contribution >= 0.6 is 15.9 Å². The third kappa shape index (κ3) is 2.75. The fourth-order valence-corrected chi connectivity index (χ4v) is 2.14. The molecule has 106 valence electrons. The molecule has 0 unspecified atom stereocenters. The standard InChI is InChI=1S/C15H12BrN3O2/c1-20-11-4-2-3-9(7-11)14-18-15(21-19-14)10-5-6-12(16)13(17)8-10/h2-8H,17H2,1H3. The first-order chi connectivity index (χ1) is 10.2. The van der Waals surface area contributed by atoms with Crippen LogP contribution in [-0.4, -0.2) is 17.3 Å². The third-order valence-corrected chi connectivity index (χ3v) is 3.72. The minimum absolute atomic E-state index is 0.423. The molecule has 0 amide bonds. The number of ether oxygens (including phenoxy) is 1. The maximum absolute atomic E-state index is 5.86. The van der Waals surface area contributed by atoms with Crippen molar-refractivity contribution >= 4 is 21.6 Å². The summed E-state index contributed by atoms with van der Waals surface area (Å²) in [5.74, 6) is 1.67. The first-order valence-corrected chi connectivity index (χ1v) is 7.00. The lowest BCUT2D eigenvalue weighted by Gasteiger charge is -2.00. The Morgan fingerprint density at radius 2 is 2.00 bits per heavy atom. The van der Waals surface area contributed by atoms with Crippen LogP contribution in [-0.2, 0) is 0 Å². The summed E-state index contributed by atoms with van der Waals surface area (Å²) in [7, 11) is 1.62. The van der Waals surface area contributed by atoms with E-state index in [0.29, 0.717) is 17.4 Å². The van der Waals surface area contributed by atoms with E-state index >= 15 is 0 Å². The predicted octanol–water partition coefficient (Wildman–Crippen LogP) is 3.76. The molecule has 0 saturated heterocycles. The van der Waals surface area contributed by atoms with Gasteiger partial charge in [-0.25, -0.2) is 0 Å². The van der Waals surface area contributed by atoms with Crippen LogP contribution in [0.1, 0.15) is 0 Å². The number of hydrogen-bond donors (Lipinski definition) is 1. The number of hydrogen-bond acceptors (Lipinski definition) is 5. The number of benzene rings is 2. The largest absolute Gasteiger partial charge is 0.497 e. The zero-order valence-electron chi connectivity index (χ0n) is 11.2. The second kappa shape index (κ2) is 5.57. The minimum atomic E-state index is 0.423. The number of methoxy groups -OCH3 is 1. The summed E-state index contributed by atoms with van der Waals surface area (Å²) >= 11 is 3.35. The van der Waals surface area contributed by atoms with Crippen molar-refractivity contribution in [2.75, 3.05) is 12.8 Å². The van der Waals surface area contributed by atoms with Gasteiger partial charge in [-0.05, 0) is 46.3 Å². The van der Waals surface area contributed by atoms with Crippen LogP contribution in [0.4, 0.5) is 5.69 Å². The number of nitrogens with two attached hydrogens (primary N) is 1. The lowest BCUT2D eigenvalue weighted by Crippen LogP contribution is -1.88. The maximum Gasteiger partial charge on any atom is 0.258 e. The average Bonchev–Trinajstić information content (AvgIpc) is 3.00. The highest BCUT2D eigenvalue weighted by Gasteiger charge is 2.12. The lowest BCUT2D eigenvalue weighted by molar-refractivity contribution is 0.414. The summed E-state index contributed by atoms with van der Waals surface area (Å²) in [5, 5.41) is 4.00. The van der Waals surface area contributed by atoms with E-state index in [9.17, 15) is 0 Å². The Bertz CT molecular complexity index is 786. The highest BCUT2D eigenvalue weighted by molar-refractivity contribution is 9.10. The van der Waals surface area contributed by atoms with Crippen molar-refractivity contribution in [3.05, 3.63) is 46.9 Å². The Kier molecular flexibility index (Phi) is 3.62. The second-order valence-corrected chi connectivity index (χ2v) is 5.25. The number of nitrogens with zero attached hydrogens (tertiary/aromatic N) is 2. The Morgan fingerprint density at radius 1 is 1.14 bits per heavy atom. The molecule has 0 bridgehead atoms. The average molecular weight is 346 g/mol. The van der Waals surface area contributed by atoms with Crippen LogP contribution in [0.5, 0.6) is 5.75 Å². The molecule has 0 atom stereocenters. The molecule has 6 heteroatoms. The Morgan fingerprint density at radius 3 is 2.76 bits per heavy atom. The normalized spacial score (nSPS) is 10.6. The van der Waals surface area contributed by atoms with Crippen LogP contribution in [0.25, 0.3) is 22.8 Å². The zero-order valence-corrected chi connectivity index (χ0v) is 12.8. The highest BCUT2D eigenvalue weighted by Crippen LogP contribution is 2.28. The summed E-state index contributed by atoms with van der Waals surface area (Å²) in [5.41, 5.74) is 8.08. The monoisotopic (exact) mass is 345 g/mol. The van der Waals surface area contributed by atoms with Crippen molar-refractivity contribution in [1.82, 2.24) is 10.1 Å². The van der Waals surface area contributed by atoms with Gasteiger partial charge in [0.2, 0.25) is 5.82 Å². The van der Waals surface area contributed by atoms with Gasteiger partial charge in [0.1, 0.15) is 5.75 Å². The van der Waals surface area contributed by atoms with Crippen molar-refractivity contribution in [3.8, 4) is 28.6 Å². The molecule has 1 heterocycles. The topological polar surface area (TPSA) is 74.2 Å². The van der Waals surface area contributed by atoms with Gasteiger partial charge in [-0.1, -0.05) is 17.3 Å². The van der Waals surface area contributed by atoms with E-state index in [2.05, 4.69) is 26.1 Å². The molecular weight excluding hydrogens is 334 g/mol. The van der Waals surface area contributed by atoms with E-state index < -0.39 is 0 Å². The fourth-order valence-electron chi connectivity index (χ4n) is 1.90. The molecule has 2 aromatic carbocycles. The van der Waals surface area contributed by atoms with Gasteiger partial charge in [0.25, 0.3) is 5.89 Å². The van der Waals surface area contributed by atoms with E-state index in [1.807, 2.05) is 36.4 Å². The first kappa shape index (κ1) is 13.6. The third-order valence-electron chi connectivity index (χ3n) is 3.00. The molecule has 2 N–H and O–H groups in total. The molecule has 0 spiro atoms. The maximum atomic E-state index is 5.86. The fraction of sp³-hybridized carbons (Fsp3) is 0.0667. The molecule has 3 aromatic rings. The SMILES string of the molecule is COc1cccc(-c2noc(-c3ccc(Br)c(N)c3)n2)c1. The number of rotatable bonds is 3. The molecule has 0 radical (unpaired) electrons. The van der Waals surface area contributed by atoms with Gasteiger partial charge in [-0.2, -0.15) is 4.98 Å². The zero-order chi connectivity index (χ0) is 14.8. The van der Waals surface area contributed by atoms with E-state index in [4.69, 9.17) is 15.0 Å². The molecule has 1 aromatic heterocycles. The molecule has 0 aliphatic carbocycles. The van der Waals surface area contributed by atoms with Crippen LogP contribution in [0, 0.1) is 0 Å². The van der Waals surface area contributed by atoms with Crippen molar-refractivity contribution in [3.63, 3.8) is 0 Å². The molecule has 0 fully saturated rings. The van der Waals surface area contributed by atoms with Gasteiger partial charge in [0.05, 0.1) is 7.11 Å². The highest BCUT2D eigenvalue weighted by atomic mass is 79.9. The van der Waals surface area contributed by atoms with Gasteiger partial charge in [-0.15, -0.1) is 0 Å². The van der Waals surface area contributed by atoms with Gasteiger partial charge in [0.15, 0.2) is 0 Å². The molecule has 0 saturated carbocycles. The van der Waals surface area contributed by atoms with Gasteiger partial charge in [0, 0.05) is 21.3 Å². The van der Waals surface area contributed by atoms with Gasteiger partial charge in [-0.3, -0.25) is 0 Å². The molecule has 21 heavy (non-hydrogen) atoms. The molecular formula is C15H12BrN3O2. The van der Waals surface area contributed by atoms with Crippen molar-refractivity contribution < 1.29 is 9.26 Å². The minimum Gasteiger partial charge on any atom is -0.497 e. The van der Waals surface area contributed by atoms with Gasteiger partial charge >= 0.3 is 0 Å². The molecule has 0 aliphatic heterocycles. The Labute approximate surface area is 129 Å². The van der Waals surface area contributed by atoms with Crippen molar-refractivity contribution in [1.29, 1.82) is 0 Å². The van der Waals surface area contributed by atoms with E-state index in [1.54, 1.807) is 13.2 Å². The first-order valence-electron chi connectivity index (χ1n) is 6.21. The Balaban J connectivity index is 1.97. The summed E-state index contributed by atoms with van der Waals surface area (Å²) < 4.78 is 11.3. The van der Waals surface area contributed by atoms with Crippen LogP contribution < -0.4 is 10.5 Å². The van der Waals surface area contributed by atoms with Crippen molar-refractivity contribution in [2.45, 2.75) is 0 Å². The smallest absolute Gasteiger partial charge is 0.258 e. The quantitative estimate of drug-likeness (QED) is 0.731. The van der Waals surface area contributed by atoms with E-state index in [1.165, 1.54) is 0 Å². The number of anilines is 1. The molecule has 5 nitrogen and oxygen atoms in total. The van der Waals surface area contributed by atoms with Crippen molar-refractivity contribution in [2.24, 2.45) is 0 Å². The number of nitrogen functional groups attached to an aromatic ring is 1. The van der Waals surface area contributed by atoms with Crippen LogP contribution in [0.3, 0.4) is 0 Å².